The van der Waals surface area contributed by atoms with Crippen LogP contribution in [0.3, 0.4) is 0 Å². The minimum Gasteiger partial charge on any atom is -0.423 e. The second-order valence-electron chi connectivity index (χ2n) is 2.54. The summed E-state index contributed by atoms with van der Waals surface area (Å²) in [7, 11) is -1.64. The first-order valence-corrected chi connectivity index (χ1v) is 3.93. The highest BCUT2D eigenvalue weighted by Crippen LogP contribution is 2.04. The first-order chi connectivity index (χ1) is 6.00. The lowest BCUT2D eigenvalue weighted by Gasteiger charge is -2.01. The number of hydrogen-bond acceptors (Lipinski definition) is 4. The summed E-state index contributed by atoms with van der Waals surface area (Å²) in [6.45, 7) is 1.33. The third-order valence-electron chi connectivity index (χ3n) is 1.48. The molecule has 0 unspecified atom stereocenters. The van der Waals surface area contributed by atoms with Crippen LogP contribution in [-0.2, 0) is 0 Å². The Morgan fingerprint density at radius 3 is 2.62 bits per heavy atom. The van der Waals surface area contributed by atoms with Crippen molar-refractivity contribution in [3.8, 4) is 0 Å². The fourth-order valence-electron chi connectivity index (χ4n) is 0.846. The summed E-state index contributed by atoms with van der Waals surface area (Å²) in [5.74, 6) is -0.274. The smallest absolute Gasteiger partial charge is 0.423 e. The Morgan fingerprint density at radius 2 is 2.15 bits per heavy atom. The van der Waals surface area contributed by atoms with Gasteiger partial charge in [0.15, 0.2) is 5.78 Å². The van der Waals surface area contributed by atoms with Crippen molar-refractivity contribution in [3.05, 3.63) is 23.0 Å². The monoisotopic (exact) mass is 199 g/mol. The molecule has 0 aromatic carbocycles. The molecule has 0 radical (unpaired) electrons. The van der Waals surface area contributed by atoms with Crippen molar-refractivity contribution in [2.75, 3.05) is 0 Å². The zero-order valence-electron chi connectivity index (χ0n) is 6.86. The molecule has 0 fully saturated rings. The van der Waals surface area contributed by atoms with Crippen molar-refractivity contribution in [2.45, 2.75) is 6.92 Å². The molecule has 0 atom stereocenters. The fraction of sp³-hybridized carbons (Fsp3) is 0.143. The highest BCUT2D eigenvalue weighted by molar-refractivity contribution is 6.59. The van der Waals surface area contributed by atoms with E-state index < -0.39 is 7.12 Å². The van der Waals surface area contributed by atoms with Crippen molar-refractivity contribution in [3.63, 3.8) is 0 Å². The number of pyridine rings is 1. The predicted molar refractivity (Wildman–Crippen MR) is 49.1 cm³/mol. The largest absolute Gasteiger partial charge is 0.488 e. The van der Waals surface area contributed by atoms with Gasteiger partial charge in [-0.05, 0) is 17.6 Å². The standard InChI is InChI=1S/C7H7BClNO3/c1-4(11)6-2-5(8(12)13)3-7(9)10-6/h2-3,12-13H,1H3. The fourth-order valence-corrected chi connectivity index (χ4v) is 1.06. The van der Waals surface area contributed by atoms with Crippen LogP contribution in [0.4, 0.5) is 0 Å². The molecule has 0 aliphatic carbocycles. The molecule has 0 bridgehead atoms. The van der Waals surface area contributed by atoms with Crippen LogP contribution < -0.4 is 5.46 Å². The summed E-state index contributed by atoms with van der Waals surface area (Å²) in [6, 6.07) is 2.58. The van der Waals surface area contributed by atoms with Gasteiger partial charge in [0.25, 0.3) is 0 Å². The quantitative estimate of drug-likeness (QED) is 0.387. The van der Waals surface area contributed by atoms with Crippen LogP contribution in [0.25, 0.3) is 0 Å². The molecular weight excluding hydrogens is 192 g/mol. The Kier molecular flexibility index (Phi) is 3.03. The SMILES string of the molecule is CC(=O)c1cc(B(O)O)cc(Cl)n1. The van der Waals surface area contributed by atoms with Crippen molar-refractivity contribution < 1.29 is 14.8 Å². The van der Waals surface area contributed by atoms with Crippen LogP contribution in [0.1, 0.15) is 17.4 Å². The van der Waals surface area contributed by atoms with E-state index in [0.29, 0.717) is 0 Å². The third-order valence-corrected chi connectivity index (χ3v) is 1.67. The molecule has 6 heteroatoms. The maximum Gasteiger partial charge on any atom is 0.488 e. The van der Waals surface area contributed by atoms with E-state index in [1.54, 1.807) is 0 Å². The van der Waals surface area contributed by atoms with E-state index in [2.05, 4.69) is 4.98 Å². The Bertz CT molecular complexity index is 343. The van der Waals surface area contributed by atoms with E-state index in [-0.39, 0.29) is 22.1 Å². The second kappa shape index (κ2) is 3.87. The molecule has 0 saturated carbocycles. The van der Waals surface area contributed by atoms with E-state index in [9.17, 15) is 4.79 Å². The van der Waals surface area contributed by atoms with Gasteiger partial charge in [-0.2, -0.15) is 0 Å². The summed E-state index contributed by atoms with van der Waals surface area (Å²) in [6.07, 6.45) is 0. The molecule has 1 aromatic rings. The summed E-state index contributed by atoms with van der Waals surface area (Å²) in [5, 5.41) is 17.7. The lowest BCUT2D eigenvalue weighted by atomic mass is 9.80. The number of carbonyl (C=O) groups is 1. The van der Waals surface area contributed by atoms with Gasteiger partial charge in [-0.3, -0.25) is 4.79 Å². The Labute approximate surface area is 80.3 Å². The zero-order valence-corrected chi connectivity index (χ0v) is 7.62. The Balaban J connectivity index is 3.19. The molecule has 2 N–H and O–H groups in total. The summed E-state index contributed by atoms with van der Waals surface area (Å²) < 4.78 is 0. The van der Waals surface area contributed by atoms with Gasteiger partial charge in [0.2, 0.25) is 0 Å². The topological polar surface area (TPSA) is 70.4 Å². The average Bonchev–Trinajstić information content (AvgIpc) is 2.03. The van der Waals surface area contributed by atoms with Crippen LogP contribution in [0, 0.1) is 0 Å². The molecule has 0 spiro atoms. The maximum atomic E-state index is 10.9. The molecule has 13 heavy (non-hydrogen) atoms. The van der Waals surface area contributed by atoms with Crippen LogP contribution in [0.15, 0.2) is 12.1 Å². The second-order valence-corrected chi connectivity index (χ2v) is 2.93. The van der Waals surface area contributed by atoms with E-state index in [4.69, 9.17) is 21.6 Å². The van der Waals surface area contributed by atoms with Gasteiger partial charge in [-0.25, -0.2) is 4.98 Å². The molecule has 68 valence electrons. The zero-order chi connectivity index (χ0) is 10.0. The summed E-state index contributed by atoms with van der Waals surface area (Å²) in [4.78, 5) is 14.6. The van der Waals surface area contributed by atoms with Gasteiger partial charge >= 0.3 is 7.12 Å². The number of aromatic nitrogens is 1. The van der Waals surface area contributed by atoms with Crippen molar-refractivity contribution >= 4 is 30.0 Å². The van der Waals surface area contributed by atoms with Crippen molar-refractivity contribution in [1.29, 1.82) is 0 Å². The highest BCUT2D eigenvalue weighted by Gasteiger charge is 2.14. The van der Waals surface area contributed by atoms with E-state index in [1.807, 2.05) is 0 Å². The molecule has 1 heterocycles. The van der Waals surface area contributed by atoms with Gasteiger partial charge in [-0.1, -0.05) is 11.6 Å². The molecule has 0 saturated heterocycles. The van der Waals surface area contributed by atoms with Gasteiger partial charge in [0.1, 0.15) is 10.8 Å². The number of carbonyl (C=O) groups excluding carboxylic acids is 1. The highest BCUT2D eigenvalue weighted by atomic mass is 35.5. The van der Waals surface area contributed by atoms with Crippen LogP contribution in [-0.4, -0.2) is 27.9 Å². The number of hydrogen-bond donors (Lipinski definition) is 2. The number of Topliss-reactive ketones (excluding diaryl/α,β-unsaturated/α-hetero) is 1. The van der Waals surface area contributed by atoms with Crippen LogP contribution in [0.5, 0.6) is 0 Å². The normalized spacial score (nSPS) is 9.85. The van der Waals surface area contributed by atoms with Gasteiger partial charge in [0, 0.05) is 6.92 Å². The predicted octanol–water partition coefficient (Wildman–Crippen LogP) is -0.383. The average molecular weight is 199 g/mol. The minimum absolute atomic E-state index is 0.0656. The van der Waals surface area contributed by atoms with E-state index in [1.165, 1.54) is 19.1 Å². The molecule has 1 rings (SSSR count). The molecule has 4 nitrogen and oxygen atoms in total. The molecule has 1 aromatic heterocycles. The number of rotatable bonds is 2. The van der Waals surface area contributed by atoms with Gasteiger partial charge in [-0.15, -0.1) is 0 Å². The van der Waals surface area contributed by atoms with Crippen molar-refractivity contribution in [1.82, 2.24) is 4.98 Å². The lowest BCUT2D eigenvalue weighted by Crippen LogP contribution is -2.30. The van der Waals surface area contributed by atoms with Gasteiger partial charge in [0.05, 0.1) is 0 Å². The Morgan fingerprint density at radius 1 is 1.54 bits per heavy atom. The van der Waals surface area contributed by atoms with Crippen LogP contribution in [0.2, 0.25) is 5.15 Å². The molecule has 0 aliphatic rings. The Hall–Kier alpha value is -0.905. The third kappa shape index (κ3) is 2.52. The summed E-state index contributed by atoms with van der Waals surface area (Å²) >= 11 is 5.55. The van der Waals surface area contributed by atoms with Crippen molar-refractivity contribution in [2.24, 2.45) is 0 Å². The number of nitrogens with zero attached hydrogens (tertiary/aromatic N) is 1. The molecular formula is C7H7BClNO3. The summed E-state index contributed by atoms with van der Waals surface area (Å²) in [5.41, 5.74) is 0.279. The maximum absolute atomic E-state index is 10.9. The number of halogens is 1. The van der Waals surface area contributed by atoms with E-state index in [0.717, 1.165) is 0 Å². The first kappa shape index (κ1) is 10.2. The first-order valence-electron chi connectivity index (χ1n) is 3.55. The molecule has 0 amide bonds. The lowest BCUT2D eigenvalue weighted by molar-refractivity contribution is 0.101. The van der Waals surface area contributed by atoms with Crippen LogP contribution >= 0.6 is 11.6 Å². The minimum atomic E-state index is -1.64. The number of ketones is 1. The van der Waals surface area contributed by atoms with Gasteiger partial charge < -0.3 is 10.0 Å². The van der Waals surface area contributed by atoms with E-state index >= 15 is 0 Å². The molecule has 0 aliphatic heterocycles.